The SMILES string of the molecule is COC(=O)[C@@H]1CN(C(=S)Nc2cccc(C)c2)CCS1. The van der Waals surface area contributed by atoms with Crippen LogP contribution in [0.5, 0.6) is 0 Å². The van der Waals surface area contributed by atoms with Gasteiger partial charge in [0.1, 0.15) is 5.25 Å². The summed E-state index contributed by atoms with van der Waals surface area (Å²) in [6.45, 7) is 3.48. The number of carbonyl (C=O) groups excluding carboxylic acids is 1. The van der Waals surface area contributed by atoms with Gasteiger partial charge in [0.2, 0.25) is 0 Å². The molecular weight excluding hydrogens is 292 g/mol. The van der Waals surface area contributed by atoms with Crippen LogP contribution in [0, 0.1) is 6.92 Å². The molecule has 0 amide bonds. The van der Waals surface area contributed by atoms with E-state index >= 15 is 0 Å². The lowest BCUT2D eigenvalue weighted by Crippen LogP contribution is -2.46. The molecule has 2 rings (SSSR count). The Morgan fingerprint density at radius 3 is 3.05 bits per heavy atom. The maximum absolute atomic E-state index is 11.6. The molecular formula is C14H18N2O2S2. The molecule has 0 unspecified atom stereocenters. The Bertz CT molecular complexity index is 508. The first-order valence-electron chi connectivity index (χ1n) is 6.42. The second kappa shape index (κ2) is 6.95. The molecule has 1 heterocycles. The van der Waals surface area contributed by atoms with Crippen molar-refractivity contribution in [1.82, 2.24) is 4.90 Å². The lowest BCUT2D eigenvalue weighted by molar-refractivity contribution is -0.140. The van der Waals surface area contributed by atoms with Crippen LogP contribution in [0.15, 0.2) is 24.3 Å². The van der Waals surface area contributed by atoms with E-state index in [1.54, 1.807) is 11.8 Å². The quantitative estimate of drug-likeness (QED) is 0.668. The van der Waals surface area contributed by atoms with E-state index in [2.05, 4.69) is 5.32 Å². The zero-order valence-electron chi connectivity index (χ0n) is 11.6. The van der Waals surface area contributed by atoms with Gasteiger partial charge in [-0.05, 0) is 36.8 Å². The van der Waals surface area contributed by atoms with Crippen molar-refractivity contribution in [3.05, 3.63) is 29.8 Å². The Hall–Kier alpha value is -1.27. The van der Waals surface area contributed by atoms with E-state index < -0.39 is 0 Å². The molecule has 6 heteroatoms. The number of benzene rings is 1. The van der Waals surface area contributed by atoms with E-state index in [0.29, 0.717) is 11.7 Å². The van der Waals surface area contributed by atoms with E-state index in [9.17, 15) is 4.79 Å². The highest BCUT2D eigenvalue weighted by Crippen LogP contribution is 2.21. The summed E-state index contributed by atoms with van der Waals surface area (Å²) in [5, 5.41) is 3.72. The van der Waals surface area contributed by atoms with Crippen molar-refractivity contribution in [3.8, 4) is 0 Å². The third-order valence-corrected chi connectivity index (χ3v) is 4.61. The number of nitrogens with one attached hydrogen (secondary N) is 1. The van der Waals surface area contributed by atoms with Gasteiger partial charge in [-0.2, -0.15) is 0 Å². The second-order valence-corrected chi connectivity index (χ2v) is 6.33. The molecule has 0 aromatic heterocycles. The smallest absolute Gasteiger partial charge is 0.320 e. The van der Waals surface area contributed by atoms with Gasteiger partial charge in [0.05, 0.1) is 7.11 Å². The van der Waals surface area contributed by atoms with Crippen LogP contribution >= 0.6 is 24.0 Å². The number of rotatable bonds is 2. The summed E-state index contributed by atoms with van der Waals surface area (Å²) in [7, 11) is 1.42. The van der Waals surface area contributed by atoms with Gasteiger partial charge < -0.3 is 15.0 Å². The molecule has 0 aliphatic carbocycles. The molecule has 0 saturated carbocycles. The summed E-state index contributed by atoms with van der Waals surface area (Å²) < 4.78 is 4.80. The van der Waals surface area contributed by atoms with Crippen molar-refractivity contribution in [2.75, 3.05) is 31.3 Å². The molecule has 1 saturated heterocycles. The predicted octanol–water partition coefficient (Wildman–Crippen LogP) is 2.28. The van der Waals surface area contributed by atoms with E-state index in [-0.39, 0.29) is 11.2 Å². The number of nitrogens with zero attached hydrogens (tertiary/aromatic N) is 1. The highest BCUT2D eigenvalue weighted by molar-refractivity contribution is 8.00. The van der Waals surface area contributed by atoms with Gasteiger partial charge in [-0.1, -0.05) is 12.1 Å². The number of carbonyl (C=O) groups is 1. The summed E-state index contributed by atoms with van der Waals surface area (Å²) >= 11 is 7.05. The van der Waals surface area contributed by atoms with Crippen molar-refractivity contribution >= 4 is 40.7 Å². The zero-order valence-corrected chi connectivity index (χ0v) is 13.2. The highest BCUT2D eigenvalue weighted by Gasteiger charge is 2.28. The summed E-state index contributed by atoms with van der Waals surface area (Å²) in [4.78, 5) is 13.6. The average molecular weight is 310 g/mol. The van der Waals surface area contributed by atoms with Crippen molar-refractivity contribution < 1.29 is 9.53 Å². The number of thiocarbonyl (C=S) groups is 1. The lowest BCUT2D eigenvalue weighted by Gasteiger charge is -2.33. The molecule has 1 fully saturated rings. The summed E-state index contributed by atoms with van der Waals surface area (Å²) in [5.74, 6) is 0.688. The van der Waals surface area contributed by atoms with E-state index in [1.165, 1.54) is 12.7 Å². The monoisotopic (exact) mass is 310 g/mol. The minimum absolute atomic E-state index is 0.161. The van der Waals surface area contributed by atoms with Crippen LogP contribution in [-0.2, 0) is 9.53 Å². The highest BCUT2D eigenvalue weighted by atomic mass is 32.2. The molecule has 1 N–H and O–H groups in total. The summed E-state index contributed by atoms with van der Waals surface area (Å²) in [6.07, 6.45) is 0. The average Bonchev–Trinajstić information content (AvgIpc) is 2.46. The first-order valence-corrected chi connectivity index (χ1v) is 7.88. The van der Waals surface area contributed by atoms with Gasteiger partial charge in [-0.15, -0.1) is 11.8 Å². The minimum atomic E-state index is -0.182. The first kappa shape index (κ1) is 15.1. The first-order chi connectivity index (χ1) is 9.60. The fraction of sp³-hybridized carbons (Fsp3) is 0.429. The number of aryl methyl sites for hydroxylation is 1. The molecule has 20 heavy (non-hydrogen) atoms. The predicted molar refractivity (Wildman–Crippen MR) is 87.2 cm³/mol. The maximum Gasteiger partial charge on any atom is 0.320 e. The van der Waals surface area contributed by atoms with Gasteiger partial charge in [0, 0.05) is 24.5 Å². The topological polar surface area (TPSA) is 41.6 Å². The molecule has 0 bridgehead atoms. The van der Waals surface area contributed by atoms with E-state index in [1.807, 2.05) is 36.1 Å². The van der Waals surface area contributed by atoms with Gasteiger partial charge in [-0.3, -0.25) is 4.79 Å². The van der Waals surface area contributed by atoms with Gasteiger partial charge in [0.15, 0.2) is 5.11 Å². The number of methoxy groups -OCH3 is 1. The van der Waals surface area contributed by atoms with Gasteiger partial charge >= 0.3 is 5.97 Å². The number of ether oxygens (including phenoxy) is 1. The Balaban J connectivity index is 1.97. The maximum atomic E-state index is 11.6. The molecule has 1 atom stereocenters. The number of anilines is 1. The second-order valence-electron chi connectivity index (χ2n) is 4.63. The number of thioether (sulfide) groups is 1. The molecule has 0 spiro atoms. The van der Waals surface area contributed by atoms with Gasteiger partial charge in [-0.25, -0.2) is 0 Å². The minimum Gasteiger partial charge on any atom is -0.468 e. The van der Waals surface area contributed by atoms with Crippen molar-refractivity contribution in [2.24, 2.45) is 0 Å². The van der Waals surface area contributed by atoms with Crippen LogP contribution in [0.3, 0.4) is 0 Å². The standard InChI is InChI=1S/C14H18N2O2S2/c1-10-4-3-5-11(8-10)15-14(19)16-6-7-20-12(9-16)13(17)18-2/h3-5,8,12H,6-7,9H2,1-2H3,(H,15,19)/t12-/m0/s1. The third kappa shape index (κ3) is 3.86. The largest absolute Gasteiger partial charge is 0.468 e. The van der Waals surface area contributed by atoms with E-state index in [0.717, 1.165) is 18.0 Å². The van der Waals surface area contributed by atoms with Gasteiger partial charge in [0.25, 0.3) is 0 Å². The Labute approximate surface area is 128 Å². The molecule has 1 aromatic carbocycles. The van der Waals surface area contributed by atoms with Crippen molar-refractivity contribution in [1.29, 1.82) is 0 Å². The van der Waals surface area contributed by atoms with Crippen LogP contribution in [0.1, 0.15) is 5.56 Å². The Kier molecular flexibility index (Phi) is 5.25. The normalized spacial score (nSPS) is 18.5. The summed E-state index contributed by atoms with van der Waals surface area (Å²) in [6, 6.07) is 8.06. The third-order valence-electron chi connectivity index (χ3n) is 3.09. The number of hydrogen-bond acceptors (Lipinski definition) is 4. The van der Waals surface area contributed by atoms with Crippen LogP contribution in [0.4, 0.5) is 5.69 Å². The fourth-order valence-corrected chi connectivity index (χ4v) is 3.44. The zero-order chi connectivity index (χ0) is 14.5. The van der Waals surface area contributed by atoms with Crippen molar-refractivity contribution in [3.63, 3.8) is 0 Å². The van der Waals surface area contributed by atoms with Crippen LogP contribution in [0.25, 0.3) is 0 Å². The molecule has 108 valence electrons. The Morgan fingerprint density at radius 2 is 2.35 bits per heavy atom. The molecule has 4 nitrogen and oxygen atoms in total. The number of hydrogen-bond donors (Lipinski definition) is 1. The molecule has 0 radical (unpaired) electrons. The van der Waals surface area contributed by atoms with Crippen LogP contribution in [-0.4, -0.2) is 47.2 Å². The van der Waals surface area contributed by atoms with E-state index in [4.69, 9.17) is 17.0 Å². The lowest BCUT2D eigenvalue weighted by atomic mass is 10.2. The molecule has 1 aliphatic rings. The summed E-state index contributed by atoms with van der Waals surface area (Å²) in [5.41, 5.74) is 2.15. The molecule has 1 aliphatic heterocycles. The van der Waals surface area contributed by atoms with Crippen LogP contribution < -0.4 is 5.32 Å². The van der Waals surface area contributed by atoms with Crippen molar-refractivity contribution in [2.45, 2.75) is 12.2 Å². The Morgan fingerprint density at radius 1 is 1.55 bits per heavy atom. The fourth-order valence-electron chi connectivity index (χ4n) is 2.03. The van der Waals surface area contributed by atoms with Crippen LogP contribution in [0.2, 0.25) is 0 Å². The number of esters is 1. The molecule has 1 aromatic rings.